The standard InChI is InChI=1S/C27H15F3O3S/c28-27(29,30)34(31,32)33-19-11-10-16-14-18(9-8-17(16)15-19)20-12-13-25-22-5-2-1-4-21(22)24-7-3-6-23(20)26(24)25/h1-15H. The van der Waals surface area contributed by atoms with E-state index < -0.39 is 15.6 Å². The molecule has 0 fully saturated rings. The summed E-state index contributed by atoms with van der Waals surface area (Å²) in [6.45, 7) is 0. The molecule has 0 N–H and O–H groups in total. The first-order valence-corrected chi connectivity index (χ1v) is 11.8. The van der Waals surface area contributed by atoms with Crippen molar-refractivity contribution in [2.75, 3.05) is 0 Å². The Morgan fingerprint density at radius 2 is 1.24 bits per heavy atom. The van der Waals surface area contributed by atoms with Crippen LogP contribution >= 0.6 is 0 Å². The molecular weight excluding hydrogens is 461 g/mol. The van der Waals surface area contributed by atoms with Crippen LogP contribution in [0.25, 0.3) is 54.9 Å². The highest BCUT2D eigenvalue weighted by Gasteiger charge is 2.48. The molecule has 1 aliphatic rings. The molecule has 0 saturated heterocycles. The molecule has 5 aromatic rings. The van der Waals surface area contributed by atoms with Crippen LogP contribution in [0.5, 0.6) is 5.75 Å². The molecule has 0 unspecified atom stereocenters. The Hall–Kier alpha value is -3.84. The number of alkyl halides is 3. The zero-order chi connectivity index (χ0) is 23.7. The van der Waals surface area contributed by atoms with Crippen molar-refractivity contribution in [1.82, 2.24) is 0 Å². The highest BCUT2D eigenvalue weighted by Crippen LogP contribution is 2.49. The Labute approximate surface area is 193 Å². The molecule has 0 aromatic heterocycles. The van der Waals surface area contributed by atoms with Gasteiger partial charge in [-0.3, -0.25) is 0 Å². The fourth-order valence-corrected chi connectivity index (χ4v) is 5.13. The lowest BCUT2D eigenvalue weighted by Crippen LogP contribution is -2.28. The highest BCUT2D eigenvalue weighted by atomic mass is 32.2. The van der Waals surface area contributed by atoms with Crippen molar-refractivity contribution in [1.29, 1.82) is 0 Å². The van der Waals surface area contributed by atoms with Gasteiger partial charge in [0.05, 0.1) is 0 Å². The molecule has 168 valence electrons. The molecule has 0 spiro atoms. The van der Waals surface area contributed by atoms with Crippen LogP contribution in [0.4, 0.5) is 13.2 Å². The van der Waals surface area contributed by atoms with Crippen molar-refractivity contribution < 1.29 is 25.8 Å². The van der Waals surface area contributed by atoms with Gasteiger partial charge in [0, 0.05) is 0 Å². The number of benzene rings is 5. The second kappa shape index (κ2) is 7.08. The largest absolute Gasteiger partial charge is 0.534 e. The summed E-state index contributed by atoms with van der Waals surface area (Å²) >= 11 is 0. The van der Waals surface area contributed by atoms with Crippen LogP contribution < -0.4 is 4.18 Å². The van der Waals surface area contributed by atoms with E-state index in [0.717, 1.165) is 21.9 Å². The summed E-state index contributed by atoms with van der Waals surface area (Å²) in [7, 11) is -5.72. The van der Waals surface area contributed by atoms with Crippen molar-refractivity contribution in [3.05, 3.63) is 91.0 Å². The van der Waals surface area contributed by atoms with Gasteiger partial charge in [-0.05, 0) is 73.1 Å². The molecular formula is C27H15F3O3S. The van der Waals surface area contributed by atoms with Crippen molar-refractivity contribution in [3.8, 4) is 39.1 Å². The van der Waals surface area contributed by atoms with Gasteiger partial charge in [-0.2, -0.15) is 21.6 Å². The first-order chi connectivity index (χ1) is 16.2. The first kappa shape index (κ1) is 20.7. The second-order valence-electron chi connectivity index (χ2n) is 8.14. The van der Waals surface area contributed by atoms with Crippen LogP contribution in [0.15, 0.2) is 91.0 Å². The van der Waals surface area contributed by atoms with Gasteiger partial charge in [-0.1, -0.05) is 72.8 Å². The molecule has 5 aromatic carbocycles. The van der Waals surface area contributed by atoms with Gasteiger partial charge in [0.25, 0.3) is 0 Å². The highest BCUT2D eigenvalue weighted by molar-refractivity contribution is 7.88. The maximum absolute atomic E-state index is 12.6. The monoisotopic (exact) mass is 476 g/mol. The second-order valence-corrected chi connectivity index (χ2v) is 9.68. The van der Waals surface area contributed by atoms with Gasteiger partial charge in [0.15, 0.2) is 0 Å². The van der Waals surface area contributed by atoms with Crippen molar-refractivity contribution in [3.63, 3.8) is 0 Å². The Kier molecular flexibility index (Phi) is 4.32. The molecule has 0 radical (unpaired) electrons. The average Bonchev–Trinajstić information content (AvgIpc) is 3.14. The van der Waals surface area contributed by atoms with Gasteiger partial charge >= 0.3 is 15.6 Å². The van der Waals surface area contributed by atoms with Crippen molar-refractivity contribution >= 4 is 31.7 Å². The Bertz CT molecular complexity index is 1710. The molecule has 0 atom stereocenters. The maximum atomic E-state index is 12.6. The maximum Gasteiger partial charge on any atom is 0.534 e. The number of rotatable bonds is 3. The summed E-state index contributed by atoms with van der Waals surface area (Å²) in [5, 5.41) is 3.63. The number of fused-ring (bicyclic) bond motifs is 4. The minimum Gasteiger partial charge on any atom is -0.376 e. The molecule has 0 aliphatic heterocycles. The summed E-state index contributed by atoms with van der Waals surface area (Å²) in [6, 6.07) is 28.4. The molecule has 0 saturated carbocycles. The summed E-state index contributed by atoms with van der Waals surface area (Å²) in [6.07, 6.45) is 0. The van der Waals surface area contributed by atoms with E-state index in [4.69, 9.17) is 0 Å². The zero-order valence-corrected chi connectivity index (χ0v) is 18.2. The zero-order valence-electron chi connectivity index (χ0n) is 17.4. The quantitative estimate of drug-likeness (QED) is 0.196. The molecule has 1 aliphatic carbocycles. The van der Waals surface area contributed by atoms with Gasteiger partial charge in [0.2, 0.25) is 0 Å². The molecule has 34 heavy (non-hydrogen) atoms. The Morgan fingerprint density at radius 1 is 0.618 bits per heavy atom. The third kappa shape index (κ3) is 3.08. The summed E-state index contributed by atoms with van der Waals surface area (Å²) in [5.41, 5.74) is 1.30. The molecule has 0 amide bonds. The first-order valence-electron chi connectivity index (χ1n) is 10.4. The molecule has 6 rings (SSSR count). The van der Waals surface area contributed by atoms with Crippen LogP contribution in [0.1, 0.15) is 0 Å². The van der Waals surface area contributed by atoms with Gasteiger partial charge in [-0.15, -0.1) is 0 Å². The van der Waals surface area contributed by atoms with E-state index in [0.29, 0.717) is 5.39 Å². The summed E-state index contributed by atoms with van der Waals surface area (Å²) < 4.78 is 64.8. The summed E-state index contributed by atoms with van der Waals surface area (Å²) in [4.78, 5) is 0. The van der Waals surface area contributed by atoms with E-state index in [-0.39, 0.29) is 5.75 Å². The molecule has 7 heteroatoms. The van der Waals surface area contributed by atoms with E-state index in [1.165, 1.54) is 39.8 Å². The van der Waals surface area contributed by atoms with E-state index >= 15 is 0 Å². The lowest BCUT2D eigenvalue weighted by Gasteiger charge is -2.12. The van der Waals surface area contributed by atoms with Crippen LogP contribution in [0, 0.1) is 0 Å². The smallest absolute Gasteiger partial charge is 0.376 e. The topological polar surface area (TPSA) is 43.4 Å². The van der Waals surface area contributed by atoms with Crippen LogP contribution in [-0.4, -0.2) is 13.9 Å². The van der Waals surface area contributed by atoms with Crippen molar-refractivity contribution in [2.24, 2.45) is 0 Å². The van der Waals surface area contributed by atoms with E-state index in [9.17, 15) is 21.6 Å². The third-order valence-electron chi connectivity index (χ3n) is 6.16. The summed E-state index contributed by atoms with van der Waals surface area (Å²) in [5.74, 6) is -0.388. The SMILES string of the molecule is O=S(=O)(Oc1ccc2cc(-c3ccc4c5c(cccc35)-c3ccccc3-4)ccc2c1)C(F)(F)F. The number of hydrogen-bond acceptors (Lipinski definition) is 3. The average molecular weight is 476 g/mol. The number of halogens is 3. The predicted octanol–water partition coefficient (Wildman–Crippen LogP) is 7.54. The van der Waals surface area contributed by atoms with Gasteiger partial charge in [-0.25, -0.2) is 0 Å². The molecule has 0 heterocycles. The van der Waals surface area contributed by atoms with Gasteiger partial charge < -0.3 is 4.18 Å². The van der Waals surface area contributed by atoms with E-state index in [2.05, 4.69) is 40.6 Å². The normalized spacial score (nSPS) is 12.8. The minimum absolute atomic E-state index is 0.388. The molecule has 0 bridgehead atoms. The van der Waals surface area contributed by atoms with Crippen LogP contribution in [-0.2, 0) is 10.1 Å². The fourth-order valence-electron chi connectivity index (χ4n) is 4.68. The van der Waals surface area contributed by atoms with Crippen LogP contribution in [0.3, 0.4) is 0 Å². The Morgan fingerprint density at radius 3 is 1.97 bits per heavy atom. The minimum atomic E-state index is -5.72. The van der Waals surface area contributed by atoms with Crippen LogP contribution in [0.2, 0.25) is 0 Å². The van der Waals surface area contributed by atoms with Crippen molar-refractivity contribution in [2.45, 2.75) is 5.51 Å². The van der Waals surface area contributed by atoms with E-state index in [1.807, 2.05) is 30.3 Å². The Balaban J connectivity index is 1.45. The number of hydrogen-bond donors (Lipinski definition) is 0. The predicted molar refractivity (Wildman–Crippen MR) is 127 cm³/mol. The lowest BCUT2D eigenvalue weighted by atomic mass is 9.93. The fraction of sp³-hybridized carbons (Fsp3) is 0.0370. The van der Waals surface area contributed by atoms with Gasteiger partial charge in [0.1, 0.15) is 5.75 Å². The molecule has 3 nitrogen and oxygen atoms in total. The lowest BCUT2D eigenvalue weighted by molar-refractivity contribution is -0.0500. The van der Waals surface area contributed by atoms with E-state index in [1.54, 1.807) is 12.1 Å². The third-order valence-corrected chi connectivity index (χ3v) is 7.14.